The van der Waals surface area contributed by atoms with Gasteiger partial charge in [-0.3, -0.25) is 0 Å². The van der Waals surface area contributed by atoms with Crippen LogP contribution in [0.1, 0.15) is 6.92 Å². The summed E-state index contributed by atoms with van der Waals surface area (Å²) in [7, 11) is 4.29. The first-order valence-corrected chi connectivity index (χ1v) is 4.05. The van der Waals surface area contributed by atoms with E-state index in [9.17, 15) is 0 Å². The molecule has 0 amide bonds. The molecular weight excluding hydrogens is 124 g/mol. The van der Waals surface area contributed by atoms with Gasteiger partial charge in [0.05, 0.1) is 0 Å². The molecule has 1 N–H and O–H groups in total. The molecule has 0 saturated carbocycles. The SMILES string of the molecule is C[C@@H]1CNC[C@H]1CN(C)C. The quantitative estimate of drug-likeness (QED) is 0.600. The van der Waals surface area contributed by atoms with Crippen molar-refractivity contribution in [1.82, 2.24) is 10.2 Å². The zero-order chi connectivity index (χ0) is 7.56. The Morgan fingerprint density at radius 3 is 2.50 bits per heavy atom. The van der Waals surface area contributed by atoms with E-state index in [0.29, 0.717) is 0 Å². The fourth-order valence-electron chi connectivity index (χ4n) is 1.58. The molecule has 1 aliphatic heterocycles. The van der Waals surface area contributed by atoms with Crippen molar-refractivity contribution < 1.29 is 0 Å². The molecule has 0 aromatic carbocycles. The van der Waals surface area contributed by atoms with Crippen molar-refractivity contribution in [3.8, 4) is 0 Å². The smallest absolute Gasteiger partial charge is 0.00187 e. The van der Waals surface area contributed by atoms with Crippen LogP contribution in [0.2, 0.25) is 0 Å². The minimum absolute atomic E-state index is 0.863. The van der Waals surface area contributed by atoms with E-state index in [1.165, 1.54) is 19.6 Å². The van der Waals surface area contributed by atoms with Crippen molar-refractivity contribution in [2.75, 3.05) is 33.7 Å². The Bertz CT molecular complexity index is 101. The Morgan fingerprint density at radius 1 is 1.40 bits per heavy atom. The molecular formula is C8H18N2. The molecule has 1 saturated heterocycles. The molecule has 2 nitrogen and oxygen atoms in total. The fraction of sp³-hybridized carbons (Fsp3) is 1.00. The minimum Gasteiger partial charge on any atom is -0.316 e. The summed E-state index contributed by atoms with van der Waals surface area (Å²) in [6.07, 6.45) is 0. The first-order valence-electron chi connectivity index (χ1n) is 4.05. The second-order valence-corrected chi connectivity index (χ2v) is 3.66. The third kappa shape index (κ3) is 1.96. The van der Waals surface area contributed by atoms with E-state index in [4.69, 9.17) is 0 Å². The Kier molecular flexibility index (Phi) is 2.69. The van der Waals surface area contributed by atoms with Crippen LogP contribution in [0.15, 0.2) is 0 Å². The molecule has 1 aliphatic rings. The molecule has 2 heteroatoms. The molecule has 0 radical (unpaired) electrons. The highest BCUT2D eigenvalue weighted by molar-refractivity contribution is 4.79. The Morgan fingerprint density at radius 2 is 2.10 bits per heavy atom. The summed E-state index contributed by atoms with van der Waals surface area (Å²) in [6, 6.07) is 0. The maximum absolute atomic E-state index is 3.40. The summed E-state index contributed by atoms with van der Waals surface area (Å²) in [5.74, 6) is 1.73. The molecule has 60 valence electrons. The summed E-state index contributed by atoms with van der Waals surface area (Å²) < 4.78 is 0. The van der Waals surface area contributed by atoms with E-state index in [2.05, 4.69) is 31.2 Å². The van der Waals surface area contributed by atoms with E-state index >= 15 is 0 Å². The van der Waals surface area contributed by atoms with Gasteiger partial charge in [-0.15, -0.1) is 0 Å². The van der Waals surface area contributed by atoms with Crippen molar-refractivity contribution in [1.29, 1.82) is 0 Å². The molecule has 0 aromatic rings. The Labute approximate surface area is 63.6 Å². The number of rotatable bonds is 2. The molecule has 0 spiro atoms. The molecule has 1 fully saturated rings. The van der Waals surface area contributed by atoms with Gasteiger partial charge in [-0.25, -0.2) is 0 Å². The topological polar surface area (TPSA) is 15.3 Å². The van der Waals surface area contributed by atoms with Crippen molar-refractivity contribution >= 4 is 0 Å². The van der Waals surface area contributed by atoms with Gasteiger partial charge in [0.15, 0.2) is 0 Å². The average Bonchev–Trinajstić information content (AvgIpc) is 2.15. The van der Waals surface area contributed by atoms with Crippen LogP contribution in [-0.2, 0) is 0 Å². The van der Waals surface area contributed by atoms with Crippen LogP contribution in [0, 0.1) is 11.8 Å². The van der Waals surface area contributed by atoms with Gasteiger partial charge >= 0.3 is 0 Å². The zero-order valence-electron chi connectivity index (χ0n) is 7.22. The maximum atomic E-state index is 3.40. The van der Waals surface area contributed by atoms with Crippen LogP contribution >= 0.6 is 0 Å². The highest BCUT2D eigenvalue weighted by Gasteiger charge is 2.22. The predicted octanol–water partition coefficient (Wildman–Crippen LogP) is 0.403. The van der Waals surface area contributed by atoms with Crippen LogP contribution in [0.5, 0.6) is 0 Å². The third-order valence-electron chi connectivity index (χ3n) is 2.28. The molecule has 10 heavy (non-hydrogen) atoms. The van der Waals surface area contributed by atoms with Crippen LogP contribution < -0.4 is 5.32 Å². The molecule has 0 aromatic heterocycles. The number of hydrogen-bond acceptors (Lipinski definition) is 2. The van der Waals surface area contributed by atoms with E-state index in [1.807, 2.05) is 0 Å². The number of nitrogens with one attached hydrogen (secondary N) is 1. The van der Waals surface area contributed by atoms with E-state index in [-0.39, 0.29) is 0 Å². The summed E-state index contributed by atoms with van der Waals surface area (Å²) in [4.78, 5) is 2.27. The second-order valence-electron chi connectivity index (χ2n) is 3.66. The predicted molar refractivity (Wildman–Crippen MR) is 44.1 cm³/mol. The largest absolute Gasteiger partial charge is 0.316 e. The van der Waals surface area contributed by atoms with Gasteiger partial charge in [0, 0.05) is 6.54 Å². The zero-order valence-corrected chi connectivity index (χ0v) is 7.22. The van der Waals surface area contributed by atoms with E-state index in [1.54, 1.807) is 0 Å². The first-order chi connectivity index (χ1) is 4.70. The molecule has 0 unspecified atom stereocenters. The fourth-order valence-corrected chi connectivity index (χ4v) is 1.58. The van der Waals surface area contributed by atoms with Crippen molar-refractivity contribution in [2.45, 2.75) is 6.92 Å². The summed E-state index contributed by atoms with van der Waals surface area (Å²) >= 11 is 0. The van der Waals surface area contributed by atoms with Crippen LogP contribution in [0.4, 0.5) is 0 Å². The van der Waals surface area contributed by atoms with Gasteiger partial charge < -0.3 is 10.2 Å². The Balaban J connectivity index is 2.26. The molecule has 0 bridgehead atoms. The highest BCUT2D eigenvalue weighted by atomic mass is 15.1. The van der Waals surface area contributed by atoms with Crippen molar-refractivity contribution in [3.63, 3.8) is 0 Å². The lowest BCUT2D eigenvalue weighted by atomic mass is 9.98. The third-order valence-corrected chi connectivity index (χ3v) is 2.28. The van der Waals surface area contributed by atoms with Gasteiger partial charge in [0.1, 0.15) is 0 Å². The molecule has 2 atom stereocenters. The average molecular weight is 142 g/mol. The van der Waals surface area contributed by atoms with Crippen molar-refractivity contribution in [3.05, 3.63) is 0 Å². The monoisotopic (exact) mass is 142 g/mol. The van der Waals surface area contributed by atoms with Gasteiger partial charge in [-0.05, 0) is 39.0 Å². The lowest BCUT2D eigenvalue weighted by Gasteiger charge is -2.18. The van der Waals surface area contributed by atoms with E-state index < -0.39 is 0 Å². The highest BCUT2D eigenvalue weighted by Crippen LogP contribution is 2.15. The second kappa shape index (κ2) is 3.35. The lowest BCUT2D eigenvalue weighted by molar-refractivity contribution is 0.300. The minimum atomic E-state index is 0.863. The number of nitrogens with zero attached hydrogens (tertiary/aromatic N) is 1. The van der Waals surface area contributed by atoms with Gasteiger partial charge in [-0.1, -0.05) is 6.92 Å². The first kappa shape index (κ1) is 8.02. The maximum Gasteiger partial charge on any atom is 0.00187 e. The van der Waals surface area contributed by atoms with E-state index in [0.717, 1.165) is 11.8 Å². The van der Waals surface area contributed by atoms with Crippen LogP contribution in [-0.4, -0.2) is 38.6 Å². The van der Waals surface area contributed by atoms with Crippen LogP contribution in [0.3, 0.4) is 0 Å². The van der Waals surface area contributed by atoms with Gasteiger partial charge in [0.2, 0.25) is 0 Å². The standard InChI is InChI=1S/C8H18N2/c1-7-4-9-5-8(7)6-10(2)3/h7-9H,4-6H2,1-3H3/t7-,8+/m1/s1. The molecule has 1 rings (SSSR count). The summed E-state index contributed by atoms with van der Waals surface area (Å²) in [5, 5.41) is 3.40. The Hall–Kier alpha value is -0.0800. The normalized spacial score (nSPS) is 33.6. The van der Waals surface area contributed by atoms with Gasteiger partial charge in [-0.2, -0.15) is 0 Å². The van der Waals surface area contributed by atoms with Gasteiger partial charge in [0.25, 0.3) is 0 Å². The summed E-state index contributed by atoms with van der Waals surface area (Å²) in [6.45, 7) is 5.97. The molecule has 1 heterocycles. The number of hydrogen-bond donors (Lipinski definition) is 1. The summed E-state index contributed by atoms with van der Waals surface area (Å²) in [5.41, 5.74) is 0. The van der Waals surface area contributed by atoms with Crippen molar-refractivity contribution in [2.24, 2.45) is 11.8 Å². The van der Waals surface area contributed by atoms with Crippen LogP contribution in [0.25, 0.3) is 0 Å². The lowest BCUT2D eigenvalue weighted by Crippen LogP contribution is -2.25. The molecule has 0 aliphatic carbocycles.